The predicted octanol–water partition coefficient (Wildman–Crippen LogP) is 4.26. The highest BCUT2D eigenvalue weighted by Gasteiger charge is 2.05. The molecule has 1 heterocycles. The van der Waals surface area contributed by atoms with Crippen LogP contribution < -0.4 is 10.1 Å². The third kappa shape index (κ3) is 5.11. The maximum atomic E-state index is 11.9. The van der Waals surface area contributed by atoms with Gasteiger partial charge in [-0.2, -0.15) is 0 Å². The molecule has 0 bridgehead atoms. The molecule has 4 heteroatoms. The molecule has 130 valence electrons. The van der Waals surface area contributed by atoms with Crippen molar-refractivity contribution in [1.82, 2.24) is 5.32 Å². The fraction of sp³-hybridized carbons (Fsp3) is 0.286. The fourth-order valence-corrected chi connectivity index (χ4v) is 2.63. The molecule has 25 heavy (non-hydrogen) atoms. The van der Waals surface area contributed by atoms with Crippen LogP contribution in [0, 0.1) is 6.92 Å². The van der Waals surface area contributed by atoms with Gasteiger partial charge in [0.25, 0.3) is 0 Å². The van der Waals surface area contributed by atoms with Gasteiger partial charge in [-0.15, -0.1) is 0 Å². The molecule has 1 N–H and O–H groups in total. The number of nitrogens with one attached hydrogen (secondary N) is 1. The highest BCUT2D eigenvalue weighted by molar-refractivity contribution is 5.78. The second-order valence-electron chi connectivity index (χ2n) is 6.12. The van der Waals surface area contributed by atoms with Gasteiger partial charge in [-0.05, 0) is 37.6 Å². The number of benzene rings is 2. The van der Waals surface area contributed by atoms with Crippen LogP contribution in [0.25, 0.3) is 11.0 Å². The van der Waals surface area contributed by atoms with E-state index in [1.54, 1.807) is 0 Å². The first-order chi connectivity index (χ1) is 12.2. The highest BCUT2D eigenvalue weighted by atomic mass is 16.5. The van der Waals surface area contributed by atoms with Crippen LogP contribution in [0.2, 0.25) is 0 Å². The van der Waals surface area contributed by atoms with Gasteiger partial charge in [-0.3, -0.25) is 4.79 Å². The van der Waals surface area contributed by atoms with Crippen LogP contribution in [0.5, 0.6) is 5.75 Å². The van der Waals surface area contributed by atoms with Crippen molar-refractivity contribution in [1.29, 1.82) is 0 Å². The standard InChI is InChI=1S/C21H23NO3/c1-16-8-10-18(11-9-16)24-14-4-7-21(23)22-13-12-19-15-17-5-2-3-6-20(17)25-19/h2-3,5-6,8-11,15H,4,7,12-14H2,1H3,(H,22,23). The van der Waals surface area contributed by atoms with Gasteiger partial charge in [0, 0.05) is 24.8 Å². The van der Waals surface area contributed by atoms with Gasteiger partial charge in [0.2, 0.25) is 5.91 Å². The van der Waals surface area contributed by atoms with E-state index in [9.17, 15) is 4.79 Å². The molecule has 0 spiro atoms. The summed E-state index contributed by atoms with van der Waals surface area (Å²) in [6, 6.07) is 17.9. The fourth-order valence-electron chi connectivity index (χ4n) is 2.63. The molecule has 2 aromatic carbocycles. The molecular formula is C21H23NO3. The number of fused-ring (bicyclic) bond motifs is 1. The Kier molecular flexibility index (Phi) is 5.73. The molecular weight excluding hydrogens is 314 g/mol. The van der Waals surface area contributed by atoms with E-state index in [4.69, 9.17) is 9.15 Å². The normalized spacial score (nSPS) is 10.8. The molecule has 1 amide bonds. The summed E-state index contributed by atoms with van der Waals surface area (Å²) >= 11 is 0. The minimum Gasteiger partial charge on any atom is -0.494 e. The third-order valence-corrected chi connectivity index (χ3v) is 4.01. The zero-order chi connectivity index (χ0) is 17.5. The first-order valence-corrected chi connectivity index (χ1v) is 8.64. The molecule has 0 aliphatic rings. The Bertz CT molecular complexity index is 788. The first-order valence-electron chi connectivity index (χ1n) is 8.64. The van der Waals surface area contributed by atoms with Crippen molar-refractivity contribution >= 4 is 16.9 Å². The van der Waals surface area contributed by atoms with Crippen molar-refractivity contribution in [2.24, 2.45) is 0 Å². The Labute approximate surface area is 147 Å². The quantitative estimate of drug-likeness (QED) is 0.625. The van der Waals surface area contributed by atoms with Gasteiger partial charge in [-0.1, -0.05) is 35.9 Å². The van der Waals surface area contributed by atoms with E-state index >= 15 is 0 Å². The predicted molar refractivity (Wildman–Crippen MR) is 98.8 cm³/mol. The Morgan fingerprint density at radius 1 is 1.12 bits per heavy atom. The number of carbonyl (C=O) groups is 1. The van der Waals surface area contributed by atoms with Crippen molar-refractivity contribution in [3.63, 3.8) is 0 Å². The van der Waals surface area contributed by atoms with E-state index in [2.05, 4.69) is 5.32 Å². The molecule has 0 saturated heterocycles. The lowest BCUT2D eigenvalue weighted by molar-refractivity contribution is -0.121. The second kappa shape index (κ2) is 8.38. The lowest BCUT2D eigenvalue weighted by Gasteiger charge is -2.07. The molecule has 0 aliphatic carbocycles. The Morgan fingerprint density at radius 2 is 1.92 bits per heavy atom. The maximum Gasteiger partial charge on any atom is 0.220 e. The number of hydrogen-bond acceptors (Lipinski definition) is 3. The zero-order valence-electron chi connectivity index (χ0n) is 14.5. The SMILES string of the molecule is Cc1ccc(OCCCC(=O)NCCc2cc3ccccc3o2)cc1. The summed E-state index contributed by atoms with van der Waals surface area (Å²) in [5.41, 5.74) is 2.09. The summed E-state index contributed by atoms with van der Waals surface area (Å²) < 4.78 is 11.4. The number of ether oxygens (including phenoxy) is 1. The Balaban J connectivity index is 1.32. The van der Waals surface area contributed by atoms with Crippen LogP contribution in [0.15, 0.2) is 59.0 Å². The molecule has 3 aromatic rings. The van der Waals surface area contributed by atoms with Crippen molar-refractivity contribution in [2.45, 2.75) is 26.2 Å². The van der Waals surface area contributed by atoms with Crippen LogP contribution in [-0.4, -0.2) is 19.1 Å². The summed E-state index contributed by atoms with van der Waals surface area (Å²) in [4.78, 5) is 11.9. The number of hydrogen-bond donors (Lipinski definition) is 1. The number of amides is 1. The number of furan rings is 1. The van der Waals surface area contributed by atoms with Crippen LogP contribution in [0.4, 0.5) is 0 Å². The van der Waals surface area contributed by atoms with Crippen molar-refractivity contribution in [2.75, 3.05) is 13.2 Å². The second-order valence-corrected chi connectivity index (χ2v) is 6.12. The molecule has 0 radical (unpaired) electrons. The summed E-state index contributed by atoms with van der Waals surface area (Å²) in [5.74, 6) is 1.78. The van der Waals surface area contributed by atoms with E-state index in [1.807, 2.05) is 61.5 Å². The summed E-state index contributed by atoms with van der Waals surface area (Å²) in [7, 11) is 0. The van der Waals surface area contributed by atoms with E-state index in [0.717, 1.165) is 22.5 Å². The minimum absolute atomic E-state index is 0.0450. The number of rotatable bonds is 8. The smallest absolute Gasteiger partial charge is 0.220 e. The van der Waals surface area contributed by atoms with Crippen molar-refractivity contribution < 1.29 is 13.9 Å². The number of para-hydroxylation sites is 1. The Hall–Kier alpha value is -2.75. The largest absolute Gasteiger partial charge is 0.494 e. The molecule has 4 nitrogen and oxygen atoms in total. The van der Waals surface area contributed by atoms with E-state index in [0.29, 0.717) is 32.4 Å². The van der Waals surface area contributed by atoms with Crippen LogP contribution in [0.3, 0.4) is 0 Å². The maximum absolute atomic E-state index is 11.9. The van der Waals surface area contributed by atoms with Crippen molar-refractivity contribution in [3.8, 4) is 5.75 Å². The average molecular weight is 337 g/mol. The number of aryl methyl sites for hydroxylation is 1. The zero-order valence-corrected chi connectivity index (χ0v) is 14.5. The van der Waals surface area contributed by atoms with Crippen LogP contribution in [-0.2, 0) is 11.2 Å². The first kappa shape index (κ1) is 17.1. The van der Waals surface area contributed by atoms with Crippen LogP contribution >= 0.6 is 0 Å². The topological polar surface area (TPSA) is 51.5 Å². The van der Waals surface area contributed by atoms with Gasteiger partial charge in [0.05, 0.1) is 6.61 Å². The van der Waals surface area contributed by atoms with Gasteiger partial charge >= 0.3 is 0 Å². The molecule has 1 aromatic heterocycles. The third-order valence-electron chi connectivity index (χ3n) is 4.01. The number of carbonyl (C=O) groups excluding carboxylic acids is 1. The molecule has 0 aliphatic heterocycles. The lowest BCUT2D eigenvalue weighted by Crippen LogP contribution is -2.25. The van der Waals surface area contributed by atoms with E-state index in [1.165, 1.54) is 5.56 Å². The Morgan fingerprint density at radius 3 is 2.72 bits per heavy atom. The summed E-state index contributed by atoms with van der Waals surface area (Å²) in [5, 5.41) is 4.02. The molecule has 0 saturated carbocycles. The van der Waals surface area contributed by atoms with E-state index < -0.39 is 0 Å². The average Bonchev–Trinajstić information content (AvgIpc) is 3.03. The highest BCUT2D eigenvalue weighted by Crippen LogP contribution is 2.18. The molecule has 3 rings (SSSR count). The molecule has 0 atom stereocenters. The van der Waals surface area contributed by atoms with Gasteiger partial charge < -0.3 is 14.5 Å². The lowest BCUT2D eigenvalue weighted by atomic mass is 10.2. The minimum atomic E-state index is 0.0450. The monoisotopic (exact) mass is 337 g/mol. The molecule has 0 fully saturated rings. The molecule has 0 unspecified atom stereocenters. The summed E-state index contributed by atoms with van der Waals surface area (Å²) in [6.45, 7) is 3.16. The van der Waals surface area contributed by atoms with Gasteiger partial charge in [0.1, 0.15) is 17.1 Å². The van der Waals surface area contributed by atoms with Gasteiger partial charge in [-0.25, -0.2) is 0 Å². The van der Waals surface area contributed by atoms with Crippen LogP contribution in [0.1, 0.15) is 24.2 Å². The van der Waals surface area contributed by atoms with Gasteiger partial charge in [0.15, 0.2) is 0 Å². The summed E-state index contributed by atoms with van der Waals surface area (Å²) in [6.07, 6.45) is 1.86. The van der Waals surface area contributed by atoms with E-state index in [-0.39, 0.29) is 5.91 Å². The van der Waals surface area contributed by atoms with Crippen molar-refractivity contribution in [3.05, 3.63) is 65.9 Å².